The smallest absolute Gasteiger partial charge is 0.239 e. The van der Waals surface area contributed by atoms with Gasteiger partial charge in [0.2, 0.25) is 5.91 Å². The normalized spacial score (nSPS) is 20.1. The Kier molecular flexibility index (Phi) is 8.90. The van der Waals surface area contributed by atoms with Gasteiger partial charge in [-0.05, 0) is 19.4 Å². The van der Waals surface area contributed by atoms with Crippen molar-refractivity contribution in [1.29, 1.82) is 0 Å². The lowest BCUT2D eigenvalue weighted by atomic mass is 10.1. The molecule has 1 aliphatic rings. The maximum absolute atomic E-state index is 12.0. The van der Waals surface area contributed by atoms with Gasteiger partial charge >= 0.3 is 0 Å². The lowest BCUT2D eigenvalue weighted by Crippen LogP contribution is -2.56. The molecule has 1 aromatic carbocycles. The first-order chi connectivity index (χ1) is 9.08. The Hall–Kier alpha value is -0.810. The number of halogens is 2. The summed E-state index contributed by atoms with van der Waals surface area (Å²) in [5.74, 6) is 0.0619. The number of amides is 1. The van der Waals surface area contributed by atoms with E-state index in [2.05, 4.69) is 36.1 Å². The van der Waals surface area contributed by atoms with Gasteiger partial charge in [-0.15, -0.1) is 24.8 Å². The van der Waals surface area contributed by atoms with Crippen LogP contribution in [0.1, 0.15) is 19.4 Å². The molecule has 0 saturated carbocycles. The highest BCUT2D eigenvalue weighted by atomic mass is 35.5. The molecule has 0 bridgehead atoms. The number of hydrogen-bond acceptors (Lipinski definition) is 3. The largest absolute Gasteiger partial charge is 0.336 e. The van der Waals surface area contributed by atoms with E-state index >= 15 is 0 Å². The monoisotopic (exact) mass is 333 g/mol. The molecule has 1 fully saturated rings. The highest BCUT2D eigenvalue weighted by Gasteiger charge is 2.28. The molecule has 2 rings (SSSR count). The van der Waals surface area contributed by atoms with Crippen molar-refractivity contribution in [2.45, 2.75) is 32.5 Å². The van der Waals surface area contributed by atoms with E-state index in [0.29, 0.717) is 0 Å². The van der Waals surface area contributed by atoms with Crippen LogP contribution in [0.2, 0.25) is 0 Å². The molecule has 120 valence electrons. The van der Waals surface area contributed by atoms with Gasteiger partial charge in [0.15, 0.2) is 0 Å². The number of hydrogen-bond donors (Lipinski definition) is 1. The van der Waals surface area contributed by atoms with E-state index in [1.807, 2.05) is 11.0 Å². The first kappa shape index (κ1) is 20.2. The first-order valence-corrected chi connectivity index (χ1v) is 6.90. The zero-order chi connectivity index (χ0) is 13.8. The van der Waals surface area contributed by atoms with Crippen LogP contribution in [0, 0.1) is 0 Å². The number of carbonyl (C=O) groups excluding carboxylic acids is 1. The van der Waals surface area contributed by atoms with Crippen LogP contribution < -0.4 is 5.73 Å². The van der Waals surface area contributed by atoms with Gasteiger partial charge in [-0.3, -0.25) is 9.69 Å². The summed E-state index contributed by atoms with van der Waals surface area (Å²) in [7, 11) is 0. The molecule has 1 aliphatic heterocycles. The van der Waals surface area contributed by atoms with Crippen LogP contribution in [0.15, 0.2) is 30.3 Å². The third-order valence-electron chi connectivity index (χ3n) is 3.63. The molecule has 0 spiro atoms. The summed E-state index contributed by atoms with van der Waals surface area (Å²) in [5, 5.41) is 0. The number of nitrogens with two attached hydrogens (primary N) is 1. The zero-order valence-electron chi connectivity index (χ0n) is 12.6. The van der Waals surface area contributed by atoms with Gasteiger partial charge in [0.25, 0.3) is 0 Å². The minimum atomic E-state index is -0.400. The van der Waals surface area contributed by atoms with Gasteiger partial charge < -0.3 is 10.6 Å². The Morgan fingerprint density at radius 2 is 1.90 bits per heavy atom. The molecular formula is C15H25Cl2N3O. The fourth-order valence-corrected chi connectivity index (χ4v) is 2.61. The van der Waals surface area contributed by atoms with Crippen molar-refractivity contribution in [2.75, 3.05) is 19.6 Å². The van der Waals surface area contributed by atoms with E-state index in [4.69, 9.17) is 5.73 Å². The lowest BCUT2D eigenvalue weighted by Gasteiger charge is -2.40. The number of rotatable bonds is 3. The van der Waals surface area contributed by atoms with Crippen molar-refractivity contribution >= 4 is 30.7 Å². The molecule has 0 radical (unpaired) electrons. The summed E-state index contributed by atoms with van der Waals surface area (Å²) in [4.78, 5) is 16.3. The summed E-state index contributed by atoms with van der Waals surface area (Å²) >= 11 is 0. The Morgan fingerprint density at radius 3 is 2.43 bits per heavy atom. The SMILES string of the molecule is CC1CN(Cc2ccccc2)CCN1C(=O)[C@@H](C)N.Cl.Cl. The lowest BCUT2D eigenvalue weighted by molar-refractivity contribution is -0.136. The van der Waals surface area contributed by atoms with Gasteiger partial charge in [-0.1, -0.05) is 30.3 Å². The second-order valence-electron chi connectivity index (χ2n) is 5.39. The average molecular weight is 334 g/mol. The second kappa shape index (κ2) is 9.26. The van der Waals surface area contributed by atoms with Crippen LogP contribution in [-0.4, -0.2) is 47.4 Å². The maximum Gasteiger partial charge on any atom is 0.239 e. The number of carbonyl (C=O) groups is 1. The summed E-state index contributed by atoms with van der Waals surface area (Å²) in [5.41, 5.74) is 7.00. The van der Waals surface area contributed by atoms with E-state index in [9.17, 15) is 4.79 Å². The standard InChI is InChI=1S/C15H23N3O.2ClH/c1-12-10-17(11-14-6-4-3-5-7-14)8-9-18(12)15(19)13(2)16;;/h3-7,12-13H,8-11,16H2,1-2H3;2*1H/t12?,13-;;/m1../s1. The van der Waals surface area contributed by atoms with E-state index in [-0.39, 0.29) is 36.8 Å². The minimum Gasteiger partial charge on any atom is -0.336 e. The van der Waals surface area contributed by atoms with Crippen LogP contribution in [-0.2, 0) is 11.3 Å². The van der Waals surface area contributed by atoms with Gasteiger partial charge in [-0.2, -0.15) is 0 Å². The average Bonchev–Trinajstić information content (AvgIpc) is 2.39. The van der Waals surface area contributed by atoms with Crippen molar-refractivity contribution in [3.63, 3.8) is 0 Å². The minimum absolute atomic E-state index is 0. The van der Waals surface area contributed by atoms with Crippen molar-refractivity contribution in [1.82, 2.24) is 9.80 Å². The number of benzene rings is 1. The van der Waals surface area contributed by atoms with E-state index < -0.39 is 6.04 Å². The van der Waals surface area contributed by atoms with E-state index in [1.54, 1.807) is 6.92 Å². The van der Waals surface area contributed by atoms with Crippen molar-refractivity contribution in [2.24, 2.45) is 5.73 Å². The molecule has 0 aromatic heterocycles. The quantitative estimate of drug-likeness (QED) is 0.919. The molecule has 1 saturated heterocycles. The third kappa shape index (κ3) is 5.47. The Balaban J connectivity index is 0.00000200. The molecule has 1 heterocycles. The predicted molar refractivity (Wildman–Crippen MR) is 91.0 cm³/mol. The third-order valence-corrected chi connectivity index (χ3v) is 3.63. The van der Waals surface area contributed by atoms with Crippen LogP contribution >= 0.6 is 24.8 Å². The number of nitrogens with zero attached hydrogens (tertiary/aromatic N) is 2. The summed E-state index contributed by atoms with van der Waals surface area (Å²) in [6.45, 7) is 7.40. The number of piperazine rings is 1. The van der Waals surface area contributed by atoms with Crippen molar-refractivity contribution in [3.8, 4) is 0 Å². The molecule has 2 N–H and O–H groups in total. The molecule has 21 heavy (non-hydrogen) atoms. The van der Waals surface area contributed by atoms with Crippen LogP contribution in [0.3, 0.4) is 0 Å². The molecular weight excluding hydrogens is 309 g/mol. The predicted octanol–water partition coefficient (Wildman–Crippen LogP) is 1.91. The van der Waals surface area contributed by atoms with Gasteiger partial charge in [-0.25, -0.2) is 0 Å². The molecule has 1 unspecified atom stereocenters. The molecule has 0 aliphatic carbocycles. The van der Waals surface area contributed by atoms with E-state index in [1.165, 1.54) is 5.56 Å². The summed E-state index contributed by atoms with van der Waals surface area (Å²) in [6.07, 6.45) is 0. The fraction of sp³-hybridized carbons (Fsp3) is 0.533. The van der Waals surface area contributed by atoms with Gasteiger partial charge in [0, 0.05) is 32.2 Å². The highest BCUT2D eigenvalue weighted by Crippen LogP contribution is 2.13. The van der Waals surface area contributed by atoms with E-state index in [0.717, 1.165) is 26.2 Å². The molecule has 6 heteroatoms. The highest BCUT2D eigenvalue weighted by molar-refractivity contribution is 5.85. The molecule has 2 atom stereocenters. The van der Waals surface area contributed by atoms with Crippen molar-refractivity contribution < 1.29 is 4.79 Å². The summed E-state index contributed by atoms with van der Waals surface area (Å²) < 4.78 is 0. The molecule has 4 nitrogen and oxygen atoms in total. The Morgan fingerprint density at radius 1 is 1.29 bits per heavy atom. The topological polar surface area (TPSA) is 49.6 Å². The second-order valence-corrected chi connectivity index (χ2v) is 5.39. The van der Waals surface area contributed by atoms with Crippen LogP contribution in [0.5, 0.6) is 0 Å². The zero-order valence-corrected chi connectivity index (χ0v) is 14.2. The molecule has 1 aromatic rings. The molecule has 1 amide bonds. The van der Waals surface area contributed by atoms with Gasteiger partial charge in [0.05, 0.1) is 6.04 Å². The first-order valence-electron chi connectivity index (χ1n) is 6.90. The summed E-state index contributed by atoms with van der Waals surface area (Å²) in [6, 6.07) is 10.3. The maximum atomic E-state index is 12.0. The fourth-order valence-electron chi connectivity index (χ4n) is 2.61. The van der Waals surface area contributed by atoms with Crippen LogP contribution in [0.25, 0.3) is 0 Å². The van der Waals surface area contributed by atoms with Crippen LogP contribution in [0.4, 0.5) is 0 Å². The Bertz CT molecular complexity index is 428. The van der Waals surface area contributed by atoms with Gasteiger partial charge in [0.1, 0.15) is 0 Å². The Labute approximate surface area is 139 Å². The van der Waals surface area contributed by atoms with Crippen molar-refractivity contribution in [3.05, 3.63) is 35.9 Å².